The third-order valence-corrected chi connectivity index (χ3v) is 2.79. The summed E-state index contributed by atoms with van der Waals surface area (Å²) >= 11 is 0. The first-order valence-corrected chi connectivity index (χ1v) is 6.38. The number of carbonyl (C=O) groups is 1. The van der Waals surface area contributed by atoms with E-state index in [4.69, 9.17) is 4.74 Å². The normalized spacial score (nSPS) is 9.90. The van der Waals surface area contributed by atoms with Crippen molar-refractivity contribution in [3.63, 3.8) is 0 Å². The third kappa shape index (κ3) is 3.06. The molecule has 1 aromatic carbocycles. The molecule has 2 rings (SSSR count). The van der Waals surface area contributed by atoms with Gasteiger partial charge in [-0.3, -0.25) is 9.78 Å². The SMILES string of the molecule is CCNc1cnccc1C(=O)Nc1ccccc1OC. The summed E-state index contributed by atoms with van der Waals surface area (Å²) in [5, 5.41) is 5.96. The van der Waals surface area contributed by atoms with E-state index in [1.165, 1.54) is 0 Å². The van der Waals surface area contributed by atoms with Crippen LogP contribution < -0.4 is 15.4 Å². The van der Waals surface area contributed by atoms with Crippen molar-refractivity contribution in [3.05, 3.63) is 48.3 Å². The fraction of sp³-hybridized carbons (Fsp3) is 0.200. The van der Waals surface area contributed by atoms with Crippen molar-refractivity contribution in [2.45, 2.75) is 6.92 Å². The summed E-state index contributed by atoms with van der Waals surface area (Å²) in [6.07, 6.45) is 3.23. The maximum Gasteiger partial charge on any atom is 0.257 e. The predicted molar refractivity (Wildman–Crippen MR) is 79.3 cm³/mol. The molecule has 0 aliphatic rings. The van der Waals surface area contributed by atoms with E-state index in [0.717, 1.165) is 6.54 Å². The number of pyridine rings is 1. The van der Waals surface area contributed by atoms with Crippen molar-refractivity contribution in [2.75, 3.05) is 24.3 Å². The number of anilines is 2. The van der Waals surface area contributed by atoms with Crippen LogP contribution >= 0.6 is 0 Å². The molecule has 0 bridgehead atoms. The van der Waals surface area contributed by atoms with Gasteiger partial charge in [0.25, 0.3) is 5.91 Å². The van der Waals surface area contributed by atoms with Crippen molar-refractivity contribution in [2.24, 2.45) is 0 Å². The number of nitrogens with zero attached hydrogens (tertiary/aromatic N) is 1. The number of rotatable bonds is 5. The van der Waals surface area contributed by atoms with Gasteiger partial charge in [-0.2, -0.15) is 0 Å². The number of benzene rings is 1. The Labute approximate surface area is 118 Å². The molecular formula is C15H17N3O2. The van der Waals surface area contributed by atoms with Crippen LogP contribution in [-0.2, 0) is 0 Å². The van der Waals surface area contributed by atoms with Crippen LogP contribution in [-0.4, -0.2) is 24.5 Å². The molecule has 2 aromatic rings. The second-order valence-corrected chi connectivity index (χ2v) is 4.11. The molecule has 0 radical (unpaired) electrons. The maximum absolute atomic E-state index is 12.3. The van der Waals surface area contributed by atoms with E-state index < -0.39 is 0 Å². The zero-order valence-electron chi connectivity index (χ0n) is 11.5. The number of aromatic nitrogens is 1. The predicted octanol–water partition coefficient (Wildman–Crippen LogP) is 2.77. The molecule has 0 fully saturated rings. The van der Waals surface area contributed by atoms with Gasteiger partial charge >= 0.3 is 0 Å². The van der Waals surface area contributed by atoms with E-state index in [1.54, 1.807) is 37.7 Å². The topological polar surface area (TPSA) is 63.2 Å². The van der Waals surface area contributed by atoms with Gasteiger partial charge in [-0.1, -0.05) is 12.1 Å². The molecule has 104 valence electrons. The van der Waals surface area contributed by atoms with Crippen molar-refractivity contribution >= 4 is 17.3 Å². The number of hydrogen-bond acceptors (Lipinski definition) is 4. The van der Waals surface area contributed by atoms with Gasteiger partial charge in [-0.25, -0.2) is 0 Å². The fourth-order valence-corrected chi connectivity index (χ4v) is 1.86. The molecule has 0 spiro atoms. The summed E-state index contributed by atoms with van der Waals surface area (Å²) in [7, 11) is 1.57. The van der Waals surface area contributed by atoms with Gasteiger partial charge in [0.1, 0.15) is 5.75 Å². The molecule has 2 N–H and O–H groups in total. The first kappa shape index (κ1) is 13.9. The highest BCUT2D eigenvalue weighted by Crippen LogP contribution is 2.24. The van der Waals surface area contributed by atoms with Gasteiger partial charge in [0.2, 0.25) is 0 Å². The Hall–Kier alpha value is -2.56. The monoisotopic (exact) mass is 271 g/mol. The van der Waals surface area contributed by atoms with E-state index in [1.807, 2.05) is 19.1 Å². The molecule has 0 saturated carbocycles. The Kier molecular flexibility index (Phi) is 4.55. The fourth-order valence-electron chi connectivity index (χ4n) is 1.86. The number of nitrogens with one attached hydrogen (secondary N) is 2. The van der Waals surface area contributed by atoms with E-state index in [9.17, 15) is 4.79 Å². The largest absolute Gasteiger partial charge is 0.495 e. The van der Waals surface area contributed by atoms with Crippen LogP contribution in [0.4, 0.5) is 11.4 Å². The minimum absolute atomic E-state index is 0.201. The number of carbonyl (C=O) groups excluding carboxylic acids is 1. The lowest BCUT2D eigenvalue weighted by Crippen LogP contribution is -2.15. The highest BCUT2D eigenvalue weighted by Gasteiger charge is 2.13. The average molecular weight is 271 g/mol. The summed E-state index contributed by atoms with van der Waals surface area (Å²) in [5.41, 5.74) is 1.90. The van der Waals surface area contributed by atoms with Crippen molar-refractivity contribution in [1.82, 2.24) is 4.98 Å². The molecule has 5 heteroatoms. The second-order valence-electron chi connectivity index (χ2n) is 4.11. The maximum atomic E-state index is 12.3. The van der Waals surface area contributed by atoms with E-state index >= 15 is 0 Å². The summed E-state index contributed by atoms with van der Waals surface area (Å²) in [4.78, 5) is 16.4. The van der Waals surface area contributed by atoms with Crippen molar-refractivity contribution in [1.29, 1.82) is 0 Å². The molecule has 5 nitrogen and oxygen atoms in total. The van der Waals surface area contributed by atoms with E-state index in [2.05, 4.69) is 15.6 Å². The highest BCUT2D eigenvalue weighted by atomic mass is 16.5. The van der Waals surface area contributed by atoms with Crippen molar-refractivity contribution in [3.8, 4) is 5.75 Å². The number of para-hydroxylation sites is 2. The first-order chi connectivity index (χ1) is 9.76. The lowest BCUT2D eigenvalue weighted by Gasteiger charge is -2.12. The van der Waals surface area contributed by atoms with Crippen LogP contribution in [0.3, 0.4) is 0 Å². The molecule has 1 heterocycles. The van der Waals surface area contributed by atoms with Crippen LogP contribution in [0.1, 0.15) is 17.3 Å². The third-order valence-electron chi connectivity index (χ3n) is 2.79. The minimum atomic E-state index is -0.201. The van der Waals surface area contributed by atoms with Gasteiger partial charge in [-0.05, 0) is 25.1 Å². The van der Waals surface area contributed by atoms with E-state index in [0.29, 0.717) is 22.7 Å². The van der Waals surface area contributed by atoms with Crippen LogP contribution in [0, 0.1) is 0 Å². The molecule has 0 unspecified atom stereocenters. The summed E-state index contributed by atoms with van der Waals surface area (Å²) in [6.45, 7) is 2.69. The molecule has 0 saturated heterocycles. The Balaban J connectivity index is 2.24. The van der Waals surface area contributed by atoms with Crippen LogP contribution in [0.2, 0.25) is 0 Å². The van der Waals surface area contributed by atoms with Crippen LogP contribution in [0.25, 0.3) is 0 Å². The second kappa shape index (κ2) is 6.56. The summed E-state index contributed by atoms with van der Waals surface area (Å²) < 4.78 is 5.22. The van der Waals surface area contributed by atoms with Crippen LogP contribution in [0.5, 0.6) is 5.75 Å². The number of hydrogen-bond donors (Lipinski definition) is 2. The molecule has 0 aliphatic heterocycles. The average Bonchev–Trinajstić information content (AvgIpc) is 2.48. The molecular weight excluding hydrogens is 254 g/mol. The Morgan fingerprint density at radius 2 is 2.05 bits per heavy atom. The lowest BCUT2D eigenvalue weighted by atomic mass is 10.2. The van der Waals surface area contributed by atoms with Gasteiger partial charge in [0.15, 0.2) is 0 Å². The highest BCUT2D eigenvalue weighted by molar-refractivity contribution is 6.08. The quantitative estimate of drug-likeness (QED) is 0.877. The molecule has 20 heavy (non-hydrogen) atoms. The number of amides is 1. The Bertz CT molecular complexity index is 599. The molecule has 1 amide bonds. The van der Waals surface area contributed by atoms with Gasteiger partial charge in [0, 0.05) is 12.7 Å². The van der Waals surface area contributed by atoms with E-state index in [-0.39, 0.29) is 5.91 Å². The van der Waals surface area contributed by atoms with Gasteiger partial charge in [-0.15, -0.1) is 0 Å². The minimum Gasteiger partial charge on any atom is -0.495 e. The molecule has 1 aromatic heterocycles. The molecule has 0 aliphatic carbocycles. The lowest BCUT2D eigenvalue weighted by molar-refractivity contribution is 0.102. The standard InChI is InChI=1S/C15H17N3O2/c1-3-17-13-10-16-9-8-11(13)15(19)18-12-6-4-5-7-14(12)20-2/h4-10,17H,3H2,1-2H3,(H,18,19). The van der Waals surface area contributed by atoms with Gasteiger partial charge in [0.05, 0.1) is 30.2 Å². The number of methoxy groups -OCH3 is 1. The summed E-state index contributed by atoms with van der Waals surface area (Å²) in [5.74, 6) is 0.424. The summed E-state index contributed by atoms with van der Waals surface area (Å²) in [6, 6.07) is 8.97. The smallest absolute Gasteiger partial charge is 0.257 e. The van der Waals surface area contributed by atoms with Crippen LogP contribution in [0.15, 0.2) is 42.7 Å². The zero-order valence-corrected chi connectivity index (χ0v) is 11.5. The number of ether oxygens (including phenoxy) is 1. The Morgan fingerprint density at radius 3 is 2.80 bits per heavy atom. The van der Waals surface area contributed by atoms with Gasteiger partial charge < -0.3 is 15.4 Å². The first-order valence-electron chi connectivity index (χ1n) is 6.38. The van der Waals surface area contributed by atoms with Crippen molar-refractivity contribution < 1.29 is 9.53 Å². The molecule has 0 atom stereocenters. The Morgan fingerprint density at radius 1 is 1.25 bits per heavy atom. The zero-order chi connectivity index (χ0) is 14.4.